The number of nitrogens with zero attached hydrogens (tertiary/aromatic N) is 2. The minimum atomic E-state index is -0.446. The van der Waals surface area contributed by atoms with Crippen LogP contribution in [0.2, 0.25) is 5.15 Å². The maximum Gasteiger partial charge on any atom is 0.308 e. The molecule has 2 aliphatic heterocycles. The first-order valence-corrected chi connectivity index (χ1v) is 14.0. The van der Waals surface area contributed by atoms with Crippen molar-refractivity contribution in [3.63, 3.8) is 0 Å². The first-order chi connectivity index (χ1) is 20.2. The van der Waals surface area contributed by atoms with E-state index in [0.717, 1.165) is 5.69 Å². The summed E-state index contributed by atoms with van der Waals surface area (Å²) in [6.07, 6.45) is 6.58. The van der Waals surface area contributed by atoms with Crippen molar-refractivity contribution >= 4 is 85.0 Å². The van der Waals surface area contributed by atoms with Gasteiger partial charge in [0.25, 0.3) is 11.8 Å². The van der Waals surface area contributed by atoms with Crippen LogP contribution in [0.1, 0.15) is 18.2 Å². The molecule has 4 aromatic rings. The average Bonchev–Trinajstić information content (AvgIpc) is 3.45. The van der Waals surface area contributed by atoms with Gasteiger partial charge < -0.3 is 29.8 Å². The summed E-state index contributed by atoms with van der Waals surface area (Å²) < 4.78 is 17.3. The Kier molecular flexibility index (Phi) is 8.71. The van der Waals surface area contributed by atoms with Gasteiger partial charge in [0.1, 0.15) is 5.15 Å². The number of anilines is 2. The molecule has 11 nitrogen and oxygen atoms in total. The van der Waals surface area contributed by atoms with Gasteiger partial charge in [0, 0.05) is 31.1 Å². The van der Waals surface area contributed by atoms with Crippen LogP contribution in [0.25, 0.3) is 12.2 Å². The highest BCUT2D eigenvalue weighted by molar-refractivity contribution is 9.11. The van der Waals surface area contributed by atoms with E-state index < -0.39 is 11.9 Å². The van der Waals surface area contributed by atoms with Crippen LogP contribution >= 0.6 is 43.5 Å². The van der Waals surface area contributed by atoms with Crippen LogP contribution in [0, 0.1) is 0 Å². The van der Waals surface area contributed by atoms with Gasteiger partial charge in [-0.05, 0) is 92.0 Å². The number of pyridine rings is 2. The summed E-state index contributed by atoms with van der Waals surface area (Å²) in [5.41, 5.74) is 1.47. The SMILES string of the molecule is CC(=O)Oc1c(Br)cc(/C=C2\Oc3ccc(Cl)nc3NC2=O)cc1Br.O=C1Nc2ncccc2O/C1=C\c1ccc[nH]1. The maximum atomic E-state index is 12.2. The van der Waals surface area contributed by atoms with Gasteiger partial charge in [0.2, 0.25) is 0 Å². The topological polar surface area (TPSA) is 145 Å². The van der Waals surface area contributed by atoms with Crippen LogP contribution in [0.15, 0.2) is 81.4 Å². The molecule has 0 radical (unpaired) electrons. The average molecular weight is 716 g/mol. The predicted molar refractivity (Wildman–Crippen MR) is 162 cm³/mol. The second-order valence-corrected chi connectivity index (χ2v) is 10.6. The number of benzene rings is 1. The molecule has 42 heavy (non-hydrogen) atoms. The number of aromatic nitrogens is 3. The largest absolute Gasteiger partial charge is 0.448 e. The molecule has 2 aliphatic rings. The molecule has 0 spiro atoms. The minimum Gasteiger partial charge on any atom is -0.448 e. The van der Waals surface area contributed by atoms with E-state index in [-0.39, 0.29) is 28.4 Å². The molecule has 3 aromatic heterocycles. The lowest BCUT2D eigenvalue weighted by Crippen LogP contribution is -2.24. The Morgan fingerprint density at radius 3 is 2.26 bits per heavy atom. The molecule has 0 fully saturated rings. The Labute approximate surface area is 260 Å². The van der Waals surface area contributed by atoms with Crippen LogP contribution in [0.5, 0.6) is 17.2 Å². The molecule has 0 aliphatic carbocycles. The molecule has 0 unspecified atom stereocenters. The van der Waals surface area contributed by atoms with E-state index in [2.05, 4.69) is 57.4 Å². The Balaban J connectivity index is 0.000000180. The molecule has 0 saturated heterocycles. The predicted octanol–water partition coefficient (Wildman–Crippen LogP) is 6.34. The van der Waals surface area contributed by atoms with Crippen molar-refractivity contribution in [3.05, 3.63) is 97.8 Å². The first-order valence-electron chi connectivity index (χ1n) is 12.0. The van der Waals surface area contributed by atoms with Crippen LogP contribution in [0.3, 0.4) is 0 Å². The number of rotatable bonds is 3. The maximum absolute atomic E-state index is 12.2. The van der Waals surface area contributed by atoms with Crippen LogP contribution in [0.4, 0.5) is 11.6 Å². The Bertz CT molecular complexity index is 1750. The standard InChI is InChI=1S/C16H9Br2ClN2O4.C12H9N3O2/c1-7(22)24-14-9(17)4-8(5-10(14)18)6-12-16(23)21-15-11(25-12)2-3-13(19)20-15;16-12-10(7-8-3-1-5-13-8)17-9-4-2-6-14-11(9)15-12/h2-6H,1H3,(H,20,21,23);1-7,13H,(H,14,15,16)/b12-6-;10-7-. The number of amides is 2. The van der Waals surface area contributed by atoms with Gasteiger partial charge >= 0.3 is 5.97 Å². The number of aromatic amines is 1. The zero-order valence-electron chi connectivity index (χ0n) is 21.4. The molecule has 212 valence electrons. The van der Waals surface area contributed by atoms with Crippen molar-refractivity contribution in [2.75, 3.05) is 10.6 Å². The lowest BCUT2D eigenvalue weighted by molar-refractivity contribution is -0.132. The molecule has 1 aromatic carbocycles. The summed E-state index contributed by atoms with van der Waals surface area (Å²) >= 11 is 12.5. The number of hydrogen-bond donors (Lipinski definition) is 3. The van der Waals surface area contributed by atoms with Crippen molar-refractivity contribution in [1.29, 1.82) is 0 Å². The van der Waals surface area contributed by atoms with Gasteiger partial charge in [-0.25, -0.2) is 9.97 Å². The van der Waals surface area contributed by atoms with Gasteiger partial charge in [-0.15, -0.1) is 0 Å². The summed E-state index contributed by atoms with van der Waals surface area (Å²) in [5.74, 6) is 1.16. The summed E-state index contributed by atoms with van der Waals surface area (Å²) in [5, 5.41) is 5.54. The summed E-state index contributed by atoms with van der Waals surface area (Å²) in [7, 11) is 0. The second-order valence-electron chi connectivity index (χ2n) is 8.49. The smallest absolute Gasteiger partial charge is 0.308 e. The third-order valence-corrected chi connectivity index (χ3v) is 6.81. The Morgan fingerprint density at radius 2 is 1.60 bits per heavy atom. The number of carbonyl (C=O) groups excluding carboxylic acids is 3. The highest BCUT2D eigenvalue weighted by Crippen LogP contribution is 2.37. The van der Waals surface area contributed by atoms with Gasteiger partial charge in [0.15, 0.2) is 40.4 Å². The Morgan fingerprint density at radius 1 is 0.929 bits per heavy atom. The van der Waals surface area contributed by atoms with E-state index in [0.29, 0.717) is 37.6 Å². The van der Waals surface area contributed by atoms with Crippen LogP contribution in [-0.4, -0.2) is 32.7 Å². The van der Waals surface area contributed by atoms with Crippen molar-refractivity contribution in [3.8, 4) is 17.2 Å². The molecule has 0 saturated carbocycles. The van der Waals surface area contributed by atoms with E-state index >= 15 is 0 Å². The molecule has 0 atom stereocenters. The molecule has 2 amide bonds. The first kappa shape index (κ1) is 29.0. The van der Waals surface area contributed by atoms with Gasteiger partial charge in [0.05, 0.1) is 8.95 Å². The minimum absolute atomic E-state index is 0.0932. The number of hydrogen-bond acceptors (Lipinski definition) is 8. The summed E-state index contributed by atoms with van der Waals surface area (Å²) in [4.78, 5) is 46.0. The van der Waals surface area contributed by atoms with Crippen LogP contribution < -0.4 is 24.8 Å². The number of H-pyrrole nitrogens is 1. The van der Waals surface area contributed by atoms with E-state index in [9.17, 15) is 14.4 Å². The summed E-state index contributed by atoms with van der Waals surface area (Å²) in [6, 6.07) is 13.8. The molecule has 3 N–H and O–H groups in total. The Hall–Kier alpha value is -4.46. The quantitative estimate of drug-likeness (QED) is 0.0966. The fraction of sp³-hybridized carbons (Fsp3) is 0.0357. The number of carbonyl (C=O) groups is 3. The van der Waals surface area contributed by atoms with Crippen molar-refractivity contribution in [2.24, 2.45) is 0 Å². The van der Waals surface area contributed by atoms with E-state index in [4.69, 9.17) is 25.8 Å². The third-order valence-electron chi connectivity index (χ3n) is 5.42. The summed E-state index contributed by atoms with van der Waals surface area (Å²) in [6.45, 7) is 1.31. The van der Waals surface area contributed by atoms with Crippen molar-refractivity contribution in [2.45, 2.75) is 6.92 Å². The van der Waals surface area contributed by atoms with Gasteiger partial charge in [-0.3, -0.25) is 14.4 Å². The number of nitrogens with one attached hydrogen (secondary N) is 3. The van der Waals surface area contributed by atoms with Gasteiger partial charge in [-0.1, -0.05) is 11.6 Å². The number of esters is 1. The highest BCUT2D eigenvalue weighted by Gasteiger charge is 2.24. The fourth-order valence-electron chi connectivity index (χ4n) is 3.65. The number of halogens is 3. The lowest BCUT2D eigenvalue weighted by Gasteiger charge is -2.19. The normalized spacial score (nSPS) is 15.2. The van der Waals surface area contributed by atoms with E-state index in [1.165, 1.54) is 6.92 Å². The van der Waals surface area contributed by atoms with Crippen molar-refractivity contribution in [1.82, 2.24) is 15.0 Å². The van der Waals surface area contributed by atoms with E-state index in [1.807, 2.05) is 12.1 Å². The fourth-order valence-corrected chi connectivity index (χ4v) is 5.18. The molecule has 0 bridgehead atoms. The molecular weight excluding hydrogens is 698 g/mol. The van der Waals surface area contributed by atoms with Crippen LogP contribution in [-0.2, 0) is 14.4 Å². The highest BCUT2D eigenvalue weighted by atomic mass is 79.9. The number of fused-ring (bicyclic) bond motifs is 2. The molecular formula is C28H18Br2ClN5O6. The third kappa shape index (κ3) is 6.87. The lowest BCUT2D eigenvalue weighted by atomic mass is 10.2. The zero-order valence-corrected chi connectivity index (χ0v) is 25.3. The monoisotopic (exact) mass is 713 g/mol. The number of ether oxygens (including phenoxy) is 3. The molecule has 5 heterocycles. The van der Waals surface area contributed by atoms with Crippen molar-refractivity contribution < 1.29 is 28.6 Å². The molecule has 6 rings (SSSR count). The molecule has 14 heteroatoms. The zero-order chi connectivity index (χ0) is 29.8. The second kappa shape index (κ2) is 12.6. The van der Waals surface area contributed by atoms with E-state index in [1.54, 1.807) is 60.9 Å². The van der Waals surface area contributed by atoms with Gasteiger partial charge in [-0.2, -0.15) is 0 Å².